The number of alkyl carbamates (subject to hydrolysis) is 1. The SMILES string of the molecule is CO[C@H]1C[C@@H]2CC[C@@H](C)[C@@](O)(O2)C(=O)C(=O)N2CCCC[C@H]2C(=O)O[C@H]([C@H](C)C[C@@H]2CCC(OC(=O)NCCOCCOCCOCCOCCOCCOCCOCCOCCC(=O)NCc3ccc(Cn4nc(-c5ccc6oc(N)nc6c5)c5c(N)ncnc54)cc3)[C@H](OC)C2)CC(=O)[C@H](C)/C=C(\C)[C@@H](O)[C@@H](OC)C(=O)[C@H](C)C[C@H](C)/C=C/C=C/C=C/1C. The molecule has 3 aromatic heterocycles. The van der Waals surface area contributed by atoms with Gasteiger partial charge in [0.1, 0.15) is 59.6 Å². The Morgan fingerprint density at radius 3 is 1.99 bits per heavy atom. The fraction of sp³-hybridized carbons (Fsp3) is 0.637. The number of carbonyl (C=O) groups is 7. The number of Topliss-reactive ketones (excluding diaryl/α,β-unsaturated/α-hetero) is 3. The highest BCUT2D eigenvalue weighted by molar-refractivity contribution is 6.39. The van der Waals surface area contributed by atoms with Gasteiger partial charge >= 0.3 is 12.1 Å². The van der Waals surface area contributed by atoms with Crippen LogP contribution in [0.5, 0.6) is 0 Å². The number of nitrogen functional groups attached to an aromatic ring is 2. The molecule has 3 aliphatic heterocycles. The molecule has 1 aliphatic carbocycles. The number of hydrogen-bond acceptors (Lipinski definition) is 30. The number of amides is 3. The number of aliphatic hydroxyl groups is 2. The number of carbonyl (C=O) groups excluding carboxylic acids is 7. The van der Waals surface area contributed by atoms with E-state index in [0.29, 0.717) is 203 Å². The van der Waals surface area contributed by atoms with Gasteiger partial charge in [0.15, 0.2) is 17.0 Å². The summed E-state index contributed by atoms with van der Waals surface area (Å²) in [5.41, 5.74) is 18.3. The standard InChI is InChI=1S/C91H132N10O24/c1-58-16-12-11-13-17-59(2)75(111-8)53-69-26-19-64(7)91(110,125-69)84(106)87(107)100-31-15-14-18-71(100)88(108)122-76(54-72(102)60(3)49-63(6)82(105)83(113-10)81(104)62(5)48-58)61(4)50-67-24-27-74(77(51-67)112-9)124-90(109)94-30-33-115-35-37-117-39-41-119-43-45-121-47-46-120-44-42-118-40-38-116-36-34-114-32-29-78(103)95-55-65-20-22-66(23-21-65)56-101-86-79(85(92)96-57-97-86)80(99-101)68-25-28-73-70(52-68)98-89(93)123-73/h11-13,16-17,20-23,25,28,49,52,57-58,60-62,64,67,69,71,74-77,82-83,105,110H,14-15,18-19,24,26-27,29-48,50-51,53-56H2,1-10H3,(H2,93,98)(H,94,109)(H,95,103)(H2,92,96,97)/b13-11+,16-12+,59-17+,63-49+/t58-,60-,61-,62-,64-,67+,69+,71+,74?,75+,76+,77-,82-,83+,91-/m1/s1. The average Bonchev–Trinajstić information content (AvgIpc) is 1.71. The van der Waals surface area contributed by atoms with E-state index in [1.807, 2.05) is 87.5 Å². The van der Waals surface area contributed by atoms with Gasteiger partial charge in [0.25, 0.3) is 17.7 Å². The summed E-state index contributed by atoms with van der Waals surface area (Å²) in [7, 11) is 4.48. The minimum atomic E-state index is -2.48. The van der Waals surface area contributed by atoms with Crippen LogP contribution in [-0.4, -0.2) is 276 Å². The second kappa shape index (κ2) is 51.8. The topological polar surface area (TPSA) is 438 Å². The van der Waals surface area contributed by atoms with Crippen LogP contribution in [-0.2, 0) is 108 Å². The van der Waals surface area contributed by atoms with Crippen molar-refractivity contribution in [1.82, 2.24) is 40.3 Å². The molecule has 15 atom stereocenters. The first-order valence-electron chi connectivity index (χ1n) is 43.8. The lowest BCUT2D eigenvalue weighted by molar-refractivity contribution is -0.265. The lowest BCUT2D eigenvalue weighted by atomic mass is 9.78. The van der Waals surface area contributed by atoms with Gasteiger partial charge in [-0.2, -0.15) is 10.1 Å². The number of cyclic esters (lactones) is 1. The Balaban J connectivity index is 0.595. The summed E-state index contributed by atoms with van der Waals surface area (Å²) in [5, 5.41) is 35.0. The van der Waals surface area contributed by atoms with E-state index in [9.17, 15) is 43.8 Å². The predicted molar refractivity (Wildman–Crippen MR) is 463 cm³/mol. The number of nitrogens with one attached hydrogen (secondary N) is 2. The number of fused-ring (bicyclic) bond motifs is 5. The Kier molecular flexibility index (Phi) is 41.4. The number of ether oxygens (including phenoxy) is 14. The van der Waals surface area contributed by atoms with E-state index in [4.69, 9.17) is 87.3 Å². The van der Waals surface area contributed by atoms with Crippen molar-refractivity contribution < 1.29 is 115 Å². The highest BCUT2D eigenvalue weighted by atomic mass is 16.6. The lowest BCUT2D eigenvalue weighted by Crippen LogP contribution is -2.61. The third kappa shape index (κ3) is 30.7. The van der Waals surface area contributed by atoms with Gasteiger partial charge in [-0.05, 0) is 136 Å². The Morgan fingerprint density at radius 2 is 1.34 bits per heavy atom. The molecule has 9 rings (SSSR count). The zero-order valence-electron chi connectivity index (χ0n) is 74.2. The Morgan fingerprint density at radius 1 is 0.696 bits per heavy atom. The molecule has 34 heteroatoms. The molecule has 3 fully saturated rings. The highest BCUT2D eigenvalue weighted by Gasteiger charge is 2.53. The number of ketones is 3. The van der Waals surface area contributed by atoms with Gasteiger partial charge in [0.2, 0.25) is 11.7 Å². The van der Waals surface area contributed by atoms with E-state index in [2.05, 4.69) is 25.6 Å². The molecule has 34 nitrogen and oxygen atoms in total. The summed E-state index contributed by atoms with van der Waals surface area (Å²) in [6.45, 7) is 19.3. The van der Waals surface area contributed by atoms with Gasteiger partial charge in [0.05, 0.1) is 136 Å². The fourth-order valence-electron chi connectivity index (χ4n) is 16.1. The number of piperidine rings is 1. The summed E-state index contributed by atoms with van der Waals surface area (Å²) in [5.74, 6) is -8.49. The van der Waals surface area contributed by atoms with Crippen molar-refractivity contribution in [3.05, 3.63) is 108 Å². The van der Waals surface area contributed by atoms with Crippen molar-refractivity contribution in [2.24, 2.45) is 35.5 Å². The molecule has 0 spiro atoms. The zero-order chi connectivity index (χ0) is 89.8. The first kappa shape index (κ1) is 99.9. The Bertz CT molecular complexity index is 4360. The maximum Gasteiger partial charge on any atom is 0.407 e. The number of benzene rings is 2. The second-order valence-electron chi connectivity index (χ2n) is 32.8. The maximum absolute atomic E-state index is 14.7. The largest absolute Gasteiger partial charge is 0.460 e. The van der Waals surface area contributed by atoms with Gasteiger partial charge in [-0.3, -0.25) is 24.0 Å². The molecule has 6 heterocycles. The molecular formula is C91H132N10O24. The van der Waals surface area contributed by atoms with Gasteiger partial charge < -0.3 is 108 Å². The van der Waals surface area contributed by atoms with Gasteiger partial charge in [0, 0.05) is 83.5 Å². The van der Waals surface area contributed by atoms with Gasteiger partial charge in [-0.25, -0.2) is 24.2 Å². The van der Waals surface area contributed by atoms with Crippen LogP contribution in [0, 0.1) is 35.5 Å². The van der Waals surface area contributed by atoms with E-state index < -0.39 is 102 Å². The van der Waals surface area contributed by atoms with Crippen LogP contribution in [0.2, 0.25) is 0 Å². The number of nitrogens with zero attached hydrogens (tertiary/aromatic N) is 6. The predicted octanol–water partition coefficient (Wildman–Crippen LogP) is 8.91. The number of anilines is 2. The second-order valence-corrected chi connectivity index (χ2v) is 32.8. The van der Waals surface area contributed by atoms with Crippen molar-refractivity contribution in [1.29, 1.82) is 0 Å². The van der Waals surface area contributed by atoms with E-state index in [1.54, 1.807) is 58.7 Å². The van der Waals surface area contributed by atoms with E-state index in [-0.39, 0.29) is 87.3 Å². The van der Waals surface area contributed by atoms with Crippen molar-refractivity contribution in [3.8, 4) is 11.3 Å². The Hall–Kier alpha value is -8.85. The third-order valence-electron chi connectivity index (χ3n) is 23.4. The van der Waals surface area contributed by atoms with E-state index in [1.165, 1.54) is 18.3 Å². The number of hydrogen-bond donors (Lipinski definition) is 6. The number of aliphatic hydroxyl groups excluding tert-OH is 1. The van der Waals surface area contributed by atoms with Crippen LogP contribution in [0.4, 0.5) is 16.6 Å². The van der Waals surface area contributed by atoms with Crippen LogP contribution in [0.15, 0.2) is 101 Å². The summed E-state index contributed by atoms with van der Waals surface area (Å²) in [6, 6.07) is 12.2. The molecule has 8 N–H and O–H groups in total. The minimum Gasteiger partial charge on any atom is -0.460 e. The first-order chi connectivity index (χ1) is 60.3. The summed E-state index contributed by atoms with van der Waals surface area (Å²) >= 11 is 0. The lowest BCUT2D eigenvalue weighted by Gasteiger charge is -2.42. The van der Waals surface area contributed by atoms with E-state index >= 15 is 0 Å². The number of nitrogens with two attached hydrogens (primary N) is 2. The van der Waals surface area contributed by atoms with Crippen molar-refractivity contribution in [2.45, 2.75) is 200 Å². The van der Waals surface area contributed by atoms with Crippen molar-refractivity contribution in [3.63, 3.8) is 0 Å². The Labute approximate surface area is 732 Å². The van der Waals surface area contributed by atoms with Crippen LogP contribution in [0.3, 0.4) is 0 Å². The molecule has 4 aliphatic rings. The normalized spacial score (nSPS) is 26.6. The molecule has 2 saturated heterocycles. The molecule has 5 aromatic rings. The average molecular weight is 1750 g/mol. The fourth-order valence-corrected chi connectivity index (χ4v) is 16.1. The number of esters is 1. The van der Waals surface area contributed by atoms with Crippen LogP contribution in [0.1, 0.15) is 143 Å². The van der Waals surface area contributed by atoms with Gasteiger partial charge in [-0.15, -0.1) is 0 Å². The van der Waals surface area contributed by atoms with Crippen LogP contribution < -0.4 is 22.1 Å². The number of allylic oxidation sites excluding steroid dienone is 6. The van der Waals surface area contributed by atoms with Gasteiger partial charge in [-0.1, -0.05) is 95.3 Å². The summed E-state index contributed by atoms with van der Waals surface area (Å²) in [6.07, 6.45) is 10.9. The first-order valence-corrected chi connectivity index (χ1v) is 43.8. The quantitative estimate of drug-likeness (QED) is 0.00924. The van der Waals surface area contributed by atoms with Crippen LogP contribution in [0.25, 0.3) is 33.4 Å². The number of rotatable bonds is 39. The smallest absolute Gasteiger partial charge is 0.407 e. The molecule has 3 amide bonds. The van der Waals surface area contributed by atoms with Crippen molar-refractivity contribution in [2.75, 3.05) is 152 Å². The molecule has 1 saturated carbocycles. The number of methoxy groups -OCH3 is 3. The molecular weight excluding hydrogens is 1620 g/mol. The molecule has 690 valence electrons. The zero-order valence-corrected chi connectivity index (χ0v) is 74.2. The molecule has 125 heavy (non-hydrogen) atoms. The maximum atomic E-state index is 14.7. The molecule has 2 bridgehead atoms. The minimum absolute atomic E-state index is 0.0195. The summed E-state index contributed by atoms with van der Waals surface area (Å²) < 4.78 is 88.0. The molecule has 1 unspecified atom stereocenters. The highest BCUT2D eigenvalue weighted by Crippen LogP contribution is 2.40. The third-order valence-corrected chi connectivity index (χ3v) is 23.4. The molecule has 0 radical (unpaired) electrons. The number of oxazole rings is 1. The monoisotopic (exact) mass is 1750 g/mol. The van der Waals surface area contributed by atoms with Crippen molar-refractivity contribution >= 4 is 75.2 Å². The molecule has 2 aromatic carbocycles. The number of aromatic nitrogens is 5. The van der Waals surface area contributed by atoms with E-state index in [0.717, 1.165) is 22.3 Å². The van der Waals surface area contributed by atoms with Crippen LogP contribution >= 0.6 is 0 Å². The summed E-state index contributed by atoms with van der Waals surface area (Å²) in [4.78, 5) is 112.